The molecular weight excluding hydrogens is 214 g/mol. The molecule has 0 radical (unpaired) electrons. The van der Waals surface area contributed by atoms with Crippen molar-refractivity contribution in [1.29, 1.82) is 0 Å². The molecule has 1 aromatic carbocycles. The minimum atomic E-state index is 0.661. The summed E-state index contributed by atoms with van der Waals surface area (Å²) in [7, 11) is 1.68. The van der Waals surface area contributed by atoms with Crippen LogP contribution in [0.2, 0.25) is 0 Å². The Morgan fingerprint density at radius 1 is 1.12 bits per heavy atom. The van der Waals surface area contributed by atoms with Gasteiger partial charge in [-0.2, -0.15) is 0 Å². The second-order valence-electron chi connectivity index (χ2n) is 3.62. The van der Waals surface area contributed by atoms with Crippen LogP contribution < -0.4 is 5.32 Å². The molecule has 0 saturated carbocycles. The molecule has 94 valence electrons. The van der Waals surface area contributed by atoms with E-state index in [1.165, 1.54) is 5.56 Å². The first-order valence-corrected chi connectivity index (χ1v) is 5.92. The summed E-state index contributed by atoms with van der Waals surface area (Å²) in [5.41, 5.74) is 1.23. The number of hydrogen-bond acceptors (Lipinski definition) is 3. The highest BCUT2D eigenvalue weighted by atomic mass is 16.5. The summed E-state index contributed by atoms with van der Waals surface area (Å²) < 4.78 is 10.2. The van der Waals surface area contributed by atoms with E-state index in [0.29, 0.717) is 13.2 Å². The lowest BCUT2D eigenvalue weighted by molar-refractivity contribution is 0.0723. The van der Waals surface area contributed by atoms with Crippen molar-refractivity contribution < 1.29 is 9.47 Å². The van der Waals surface area contributed by atoms with Gasteiger partial charge >= 0.3 is 0 Å². The van der Waals surface area contributed by atoms with Crippen LogP contribution in [-0.2, 0) is 9.47 Å². The van der Waals surface area contributed by atoms with Gasteiger partial charge in [0.15, 0.2) is 0 Å². The number of benzene rings is 1. The van der Waals surface area contributed by atoms with Gasteiger partial charge in [-0.05, 0) is 5.56 Å². The van der Waals surface area contributed by atoms with Gasteiger partial charge in [0.2, 0.25) is 0 Å². The highest BCUT2D eigenvalue weighted by Crippen LogP contribution is 1.99. The molecule has 1 rings (SSSR count). The van der Waals surface area contributed by atoms with E-state index in [2.05, 4.69) is 29.6 Å². The van der Waals surface area contributed by atoms with E-state index >= 15 is 0 Å². The Kier molecular flexibility index (Phi) is 8.20. The number of nitrogens with one attached hydrogen (secondary N) is 1. The maximum absolute atomic E-state index is 5.33. The molecule has 1 aromatic rings. The molecule has 0 unspecified atom stereocenters. The third kappa shape index (κ3) is 7.69. The summed E-state index contributed by atoms with van der Waals surface area (Å²) in [6.07, 6.45) is 4.23. The Balaban J connectivity index is 1.95. The fourth-order valence-electron chi connectivity index (χ4n) is 1.33. The third-order valence-corrected chi connectivity index (χ3v) is 2.23. The van der Waals surface area contributed by atoms with Crippen LogP contribution in [0.15, 0.2) is 36.4 Å². The SMILES string of the molecule is COCCOCCNC/C=C/c1ccccc1. The molecule has 0 atom stereocenters. The van der Waals surface area contributed by atoms with Gasteiger partial charge in [0.05, 0.1) is 19.8 Å². The molecule has 0 aromatic heterocycles. The van der Waals surface area contributed by atoms with Gasteiger partial charge in [-0.3, -0.25) is 0 Å². The Hall–Kier alpha value is -1.16. The van der Waals surface area contributed by atoms with E-state index in [4.69, 9.17) is 9.47 Å². The van der Waals surface area contributed by atoms with E-state index in [9.17, 15) is 0 Å². The maximum Gasteiger partial charge on any atom is 0.0700 e. The van der Waals surface area contributed by atoms with Crippen molar-refractivity contribution in [1.82, 2.24) is 5.32 Å². The average Bonchev–Trinajstić information content (AvgIpc) is 2.38. The minimum absolute atomic E-state index is 0.661. The molecule has 0 amide bonds. The predicted octanol–water partition coefficient (Wildman–Crippen LogP) is 1.95. The standard InChI is InChI=1S/C14H21NO2/c1-16-12-13-17-11-10-15-9-5-8-14-6-3-2-4-7-14/h2-8,15H,9-13H2,1H3/b8-5+. The summed E-state index contributed by atoms with van der Waals surface area (Å²) in [5.74, 6) is 0. The van der Waals surface area contributed by atoms with Crippen LogP contribution in [0.3, 0.4) is 0 Å². The van der Waals surface area contributed by atoms with Gasteiger partial charge in [-0.25, -0.2) is 0 Å². The molecule has 0 aliphatic rings. The topological polar surface area (TPSA) is 30.5 Å². The largest absolute Gasteiger partial charge is 0.382 e. The van der Waals surface area contributed by atoms with Crippen molar-refractivity contribution in [3.8, 4) is 0 Å². The zero-order valence-corrected chi connectivity index (χ0v) is 10.4. The zero-order valence-electron chi connectivity index (χ0n) is 10.4. The third-order valence-electron chi connectivity index (χ3n) is 2.23. The van der Waals surface area contributed by atoms with Crippen LogP contribution in [0.5, 0.6) is 0 Å². The lowest BCUT2D eigenvalue weighted by Crippen LogP contribution is -2.20. The monoisotopic (exact) mass is 235 g/mol. The Morgan fingerprint density at radius 2 is 1.94 bits per heavy atom. The average molecular weight is 235 g/mol. The molecule has 3 nitrogen and oxygen atoms in total. The molecule has 0 heterocycles. The first kappa shape index (κ1) is 13.9. The fraction of sp³-hybridized carbons (Fsp3) is 0.429. The zero-order chi connectivity index (χ0) is 12.2. The Morgan fingerprint density at radius 3 is 2.71 bits per heavy atom. The second-order valence-corrected chi connectivity index (χ2v) is 3.62. The normalized spacial score (nSPS) is 11.1. The van der Waals surface area contributed by atoms with Crippen molar-refractivity contribution in [2.75, 3.05) is 40.0 Å². The van der Waals surface area contributed by atoms with Crippen LogP contribution in [0.4, 0.5) is 0 Å². The van der Waals surface area contributed by atoms with E-state index < -0.39 is 0 Å². The van der Waals surface area contributed by atoms with Gasteiger partial charge in [0, 0.05) is 20.2 Å². The summed E-state index contributed by atoms with van der Waals surface area (Å²) in [6.45, 7) is 3.78. The number of hydrogen-bond donors (Lipinski definition) is 1. The van der Waals surface area contributed by atoms with Crippen molar-refractivity contribution in [3.05, 3.63) is 42.0 Å². The van der Waals surface area contributed by atoms with Gasteiger partial charge in [-0.15, -0.1) is 0 Å². The number of methoxy groups -OCH3 is 1. The molecular formula is C14H21NO2. The fourth-order valence-corrected chi connectivity index (χ4v) is 1.33. The maximum atomic E-state index is 5.33. The highest BCUT2D eigenvalue weighted by molar-refractivity contribution is 5.48. The Labute approximate surface area is 103 Å². The predicted molar refractivity (Wildman–Crippen MR) is 71.0 cm³/mol. The van der Waals surface area contributed by atoms with Crippen LogP contribution in [-0.4, -0.2) is 40.0 Å². The molecule has 0 spiro atoms. The molecule has 3 heteroatoms. The molecule has 0 fully saturated rings. The molecule has 17 heavy (non-hydrogen) atoms. The van der Waals surface area contributed by atoms with Crippen LogP contribution >= 0.6 is 0 Å². The highest BCUT2D eigenvalue weighted by Gasteiger charge is 1.87. The summed E-state index contributed by atoms with van der Waals surface area (Å²) in [4.78, 5) is 0. The van der Waals surface area contributed by atoms with Crippen LogP contribution in [0.1, 0.15) is 5.56 Å². The van der Waals surface area contributed by atoms with E-state index in [1.807, 2.05) is 18.2 Å². The minimum Gasteiger partial charge on any atom is -0.382 e. The summed E-state index contributed by atoms with van der Waals surface area (Å²) >= 11 is 0. The van der Waals surface area contributed by atoms with Gasteiger partial charge in [0.25, 0.3) is 0 Å². The molecule has 0 bridgehead atoms. The lowest BCUT2D eigenvalue weighted by Gasteiger charge is -2.03. The number of rotatable bonds is 9. The van der Waals surface area contributed by atoms with E-state index in [0.717, 1.165) is 19.7 Å². The number of ether oxygens (including phenoxy) is 2. The molecule has 0 aliphatic carbocycles. The molecule has 1 N–H and O–H groups in total. The van der Waals surface area contributed by atoms with Crippen molar-refractivity contribution in [3.63, 3.8) is 0 Å². The molecule has 0 aliphatic heterocycles. The lowest BCUT2D eigenvalue weighted by atomic mass is 10.2. The molecule has 0 saturated heterocycles. The van der Waals surface area contributed by atoms with Crippen molar-refractivity contribution in [2.24, 2.45) is 0 Å². The van der Waals surface area contributed by atoms with Gasteiger partial charge < -0.3 is 14.8 Å². The second kappa shape index (κ2) is 10.0. The quantitative estimate of drug-likeness (QED) is 0.664. The first-order valence-electron chi connectivity index (χ1n) is 5.92. The van der Waals surface area contributed by atoms with Crippen LogP contribution in [0, 0.1) is 0 Å². The first-order chi connectivity index (χ1) is 8.43. The van der Waals surface area contributed by atoms with E-state index in [1.54, 1.807) is 7.11 Å². The van der Waals surface area contributed by atoms with E-state index in [-0.39, 0.29) is 0 Å². The Bertz CT molecular complexity index is 298. The summed E-state index contributed by atoms with van der Waals surface area (Å²) in [5, 5.41) is 3.28. The van der Waals surface area contributed by atoms with Crippen molar-refractivity contribution >= 4 is 6.08 Å². The van der Waals surface area contributed by atoms with Gasteiger partial charge in [-0.1, -0.05) is 42.5 Å². The summed E-state index contributed by atoms with van der Waals surface area (Å²) in [6, 6.07) is 10.3. The smallest absolute Gasteiger partial charge is 0.0700 e. The van der Waals surface area contributed by atoms with Crippen molar-refractivity contribution in [2.45, 2.75) is 0 Å². The van der Waals surface area contributed by atoms with Gasteiger partial charge in [0.1, 0.15) is 0 Å². The van der Waals surface area contributed by atoms with Crippen LogP contribution in [0.25, 0.3) is 6.08 Å².